The maximum absolute atomic E-state index is 11.3. The molecule has 0 bridgehead atoms. The summed E-state index contributed by atoms with van der Waals surface area (Å²) in [6.07, 6.45) is 0.649. The molecule has 0 amide bonds. The van der Waals surface area contributed by atoms with Crippen LogP contribution in [0.15, 0.2) is 66.7 Å². The molecule has 0 spiro atoms. The van der Waals surface area contributed by atoms with E-state index in [1.807, 2.05) is 18.2 Å². The van der Waals surface area contributed by atoms with E-state index in [1.165, 1.54) is 11.1 Å². The zero-order valence-electron chi connectivity index (χ0n) is 15.2. The fourth-order valence-corrected chi connectivity index (χ4v) is 2.53. The highest BCUT2D eigenvalue weighted by atomic mass is 16.5. The van der Waals surface area contributed by atoms with E-state index in [-0.39, 0.29) is 11.4 Å². The molecule has 0 aliphatic rings. The Labute approximate surface area is 150 Å². The van der Waals surface area contributed by atoms with Crippen LogP contribution < -0.4 is 4.74 Å². The van der Waals surface area contributed by atoms with E-state index >= 15 is 0 Å². The molecule has 0 saturated carbocycles. The molecule has 0 aromatic heterocycles. The Hall–Kier alpha value is -2.55. The molecule has 25 heavy (non-hydrogen) atoms. The molecule has 0 radical (unpaired) electrons. The van der Waals surface area contributed by atoms with Crippen molar-refractivity contribution in [3.8, 4) is 5.75 Å². The lowest BCUT2D eigenvalue weighted by Crippen LogP contribution is -2.18. The lowest BCUT2D eigenvalue weighted by molar-refractivity contribution is -0.139. The monoisotopic (exact) mass is 338 g/mol. The SMILES string of the molecule is C=C(C)C(=O)OCCCOc1ccc(C(C)(C)c2ccccc2)cc1. The van der Waals surface area contributed by atoms with Crippen molar-refractivity contribution in [2.24, 2.45) is 0 Å². The minimum Gasteiger partial charge on any atom is -0.493 e. The van der Waals surface area contributed by atoms with Gasteiger partial charge in [0.2, 0.25) is 0 Å². The lowest BCUT2D eigenvalue weighted by Gasteiger charge is -2.26. The first-order chi connectivity index (χ1) is 11.9. The second kappa shape index (κ2) is 8.52. The van der Waals surface area contributed by atoms with Crippen LogP contribution >= 0.6 is 0 Å². The summed E-state index contributed by atoms with van der Waals surface area (Å²) in [5.41, 5.74) is 2.87. The number of carbonyl (C=O) groups excluding carboxylic acids is 1. The molecular formula is C22H26O3. The predicted molar refractivity (Wildman–Crippen MR) is 101 cm³/mol. The molecule has 0 N–H and O–H groups in total. The van der Waals surface area contributed by atoms with Gasteiger partial charge in [0.25, 0.3) is 0 Å². The molecule has 3 heteroatoms. The Kier molecular flexibility index (Phi) is 6.40. The summed E-state index contributed by atoms with van der Waals surface area (Å²) in [6.45, 7) is 10.5. The van der Waals surface area contributed by atoms with Gasteiger partial charge in [-0.05, 0) is 30.2 Å². The molecule has 0 fully saturated rings. The van der Waals surface area contributed by atoms with Crippen molar-refractivity contribution in [2.75, 3.05) is 13.2 Å². The fraction of sp³-hybridized carbons (Fsp3) is 0.318. The second-order valence-electron chi connectivity index (χ2n) is 6.63. The third-order valence-corrected chi connectivity index (χ3v) is 4.21. The molecule has 0 atom stereocenters. The van der Waals surface area contributed by atoms with E-state index in [0.29, 0.717) is 25.2 Å². The van der Waals surface area contributed by atoms with E-state index < -0.39 is 0 Å². The Bertz CT molecular complexity index is 700. The van der Waals surface area contributed by atoms with Gasteiger partial charge in [-0.3, -0.25) is 0 Å². The Balaban J connectivity index is 1.86. The van der Waals surface area contributed by atoms with E-state index in [9.17, 15) is 4.79 Å². The van der Waals surface area contributed by atoms with E-state index in [1.54, 1.807) is 6.92 Å². The van der Waals surface area contributed by atoms with Crippen LogP contribution in [0.5, 0.6) is 5.75 Å². The largest absolute Gasteiger partial charge is 0.493 e. The first-order valence-electron chi connectivity index (χ1n) is 8.53. The van der Waals surface area contributed by atoms with Crippen LogP contribution in [0.4, 0.5) is 0 Å². The van der Waals surface area contributed by atoms with Crippen LogP contribution in [-0.2, 0) is 14.9 Å². The van der Waals surface area contributed by atoms with Gasteiger partial charge in [-0.1, -0.05) is 62.9 Å². The van der Waals surface area contributed by atoms with Gasteiger partial charge in [0, 0.05) is 17.4 Å². The van der Waals surface area contributed by atoms with Crippen molar-refractivity contribution in [1.82, 2.24) is 0 Å². The number of hydrogen-bond donors (Lipinski definition) is 0. The summed E-state index contributed by atoms with van der Waals surface area (Å²) in [5, 5.41) is 0. The summed E-state index contributed by atoms with van der Waals surface area (Å²) < 4.78 is 10.7. The minimum absolute atomic E-state index is 0.0590. The highest BCUT2D eigenvalue weighted by Crippen LogP contribution is 2.32. The first-order valence-corrected chi connectivity index (χ1v) is 8.53. The second-order valence-corrected chi connectivity index (χ2v) is 6.63. The van der Waals surface area contributed by atoms with Gasteiger partial charge in [-0.2, -0.15) is 0 Å². The fourth-order valence-electron chi connectivity index (χ4n) is 2.53. The Morgan fingerprint density at radius 1 is 0.960 bits per heavy atom. The summed E-state index contributed by atoms with van der Waals surface area (Å²) in [4.78, 5) is 11.3. The maximum Gasteiger partial charge on any atom is 0.333 e. The van der Waals surface area contributed by atoms with E-state index in [2.05, 4.69) is 56.8 Å². The van der Waals surface area contributed by atoms with Gasteiger partial charge < -0.3 is 9.47 Å². The van der Waals surface area contributed by atoms with Crippen LogP contribution in [0.1, 0.15) is 38.3 Å². The van der Waals surface area contributed by atoms with Crippen molar-refractivity contribution in [2.45, 2.75) is 32.6 Å². The molecule has 2 aromatic rings. The number of hydrogen-bond acceptors (Lipinski definition) is 3. The summed E-state index contributed by atoms with van der Waals surface area (Å²) in [5.74, 6) is 0.464. The molecule has 2 rings (SSSR count). The molecule has 0 aliphatic carbocycles. The smallest absolute Gasteiger partial charge is 0.333 e. The molecule has 0 saturated heterocycles. The van der Waals surface area contributed by atoms with Gasteiger partial charge >= 0.3 is 5.97 Å². The average molecular weight is 338 g/mol. The Morgan fingerprint density at radius 3 is 2.16 bits per heavy atom. The highest BCUT2D eigenvalue weighted by Gasteiger charge is 2.22. The number of carbonyl (C=O) groups is 1. The van der Waals surface area contributed by atoms with Crippen molar-refractivity contribution >= 4 is 5.97 Å². The topological polar surface area (TPSA) is 35.5 Å². The summed E-state index contributed by atoms with van der Waals surface area (Å²) in [7, 11) is 0. The van der Waals surface area contributed by atoms with Crippen LogP contribution in [-0.4, -0.2) is 19.2 Å². The van der Waals surface area contributed by atoms with Crippen LogP contribution in [0.25, 0.3) is 0 Å². The van der Waals surface area contributed by atoms with Crippen molar-refractivity contribution in [3.63, 3.8) is 0 Å². The first kappa shape index (κ1) is 18.8. The summed E-state index contributed by atoms with van der Waals surface area (Å²) in [6, 6.07) is 18.6. The number of ether oxygens (including phenoxy) is 2. The Morgan fingerprint density at radius 2 is 1.56 bits per heavy atom. The molecule has 2 aromatic carbocycles. The molecule has 0 unspecified atom stereocenters. The highest BCUT2D eigenvalue weighted by molar-refractivity contribution is 5.86. The standard InChI is InChI=1S/C22H26O3/c1-17(2)21(23)25-16-8-15-24-20-13-11-19(12-14-20)22(3,4)18-9-6-5-7-10-18/h5-7,9-14H,1,8,15-16H2,2-4H3. The van der Waals surface area contributed by atoms with Gasteiger partial charge in [-0.15, -0.1) is 0 Å². The predicted octanol–water partition coefficient (Wildman–Crippen LogP) is 4.90. The van der Waals surface area contributed by atoms with Gasteiger partial charge in [0.1, 0.15) is 5.75 Å². The van der Waals surface area contributed by atoms with Gasteiger partial charge in [-0.25, -0.2) is 4.79 Å². The molecule has 0 heterocycles. The van der Waals surface area contributed by atoms with E-state index in [4.69, 9.17) is 9.47 Å². The van der Waals surface area contributed by atoms with Crippen molar-refractivity contribution in [1.29, 1.82) is 0 Å². The van der Waals surface area contributed by atoms with Crippen molar-refractivity contribution < 1.29 is 14.3 Å². The van der Waals surface area contributed by atoms with Crippen LogP contribution in [0.3, 0.4) is 0 Å². The molecule has 132 valence electrons. The van der Waals surface area contributed by atoms with Gasteiger partial charge in [0.15, 0.2) is 0 Å². The number of benzene rings is 2. The third kappa shape index (κ3) is 5.21. The molecule has 0 aliphatic heterocycles. The summed E-state index contributed by atoms with van der Waals surface area (Å²) >= 11 is 0. The average Bonchev–Trinajstić information content (AvgIpc) is 2.62. The van der Waals surface area contributed by atoms with E-state index in [0.717, 1.165) is 5.75 Å². The van der Waals surface area contributed by atoms with Crippen LogP contribution in [0.2, 0.25) is 0 Å². The lowest BCUT2D eigenvalue weighted by atomic mass is 9.78. The minimum atomic E-state index is -0.354. The van der Waals surface area contributed by atoms with Gasteiger partial charge in [0.05, 0.1) is 13.2 Å². The molecular weight excluding hydrogens is 312 g/mol. The number of rotatable bonds is 8. The quantitative estimate of drug-likeness (QED) is 0.390. The zero-order chi connectivity index (χ0) is 18.3. The normalized spacial score (nSPS) is 11.0. The number of esters is 1. The third-order valence-electron chi connectivity index (χ3n) is 4.21. The molecule has 3 nitrogen and oxygen atoms in total. The van der Waals surface area contributed by atoms with Crippen LogP contribution in [0, 0.1) is 0 Å². The zero-order valence-corrected chi connectivity index (χ0v) is 15.2. The maximum atomic E-state index is 11.3. The van der Waals surface area contributed by atoms with Crippen molar-refractivity contribution in [3.05, 3.63) is 77.9 Å².